The molecule has 1 aliphatic rings. The molecule has 1 aromatic heterocycles. The van der Waals surface area contributed by atoms with Gasteiger partial charge in [-0.3, -0.25) is 0 Å². The minimum Gasteiger partial charge on any atom is -0.313 e. The molecule has 0 spiro atoms. The zero-order valence-corrected chi connectivity index (χ0v) is 13.3. The standard InChI is InChI=1S/C17H24N2S/c1-3-10-17(2,12-18-13-8-9-13)11-16-19-14-6-4-5-7-15(14)20-16/h4-7,13,18H,3,8-12H2,1-2H3. The second-order valence-corrected chi connectivity index (χ2v) is 7.58. The first-order valence-electron chi connectivity index (χ1n) is 7.76. The lowest BCUT2D eigenvalue weighted by Gasteiger charge is -2.29. The number of fused-ring (bicyclic) bond motifs is 1. The van der Waals surface area contributed by atoms with Gasteiger partial charge in [-0.15, -0.1) is 11.3 Å². The summed E-state index contributed by atoms with van der Waals surface area (Å²) in [5.74, 6) is 0. The third kappa shape index (κ3) is 3.39. The molecule has 2 nitrogen and oxygen atoms in total. The molecular formula is C17H24N2S. The van der Waals surface area contributed by atoms with Crippen LogP contribution in [0.5, 0.6) is 0 Å². The molecule has 3 heteroatoms. The highest BCUT2D eigenvalue weighted by Gasteiger charge is 2.29. The summed E-state index contributed by atoms with van der Waals surface area (Å²) in [6, 6.07) is 9.27. The van der Waals surface area contributed by atoms with Crippen LogP contribution >= 0.6 is 11.3 Å². The fourth-order valence-electron chi connectivity index (χ4n) is 2.88. The minimum absolute atomic E-state index is 0.339. The lowest BCUT2D eigenvalue weighted by Crippen LogP contribution is -2.34. The van der Waals surface area contributed by atoms with Gasteiger partial charge in [0, 0.05) is 19.0 Å². The van der Waals surface area contributed by atoms with Gasteiger partial charge < -0.3 is 5.32 Å². The molecule has 3 rings (SSSR count). The summed E-state index contributed by atoms with van der Waals surface area (Å²) in [5.41, 5.74) is 1.49. The molecule has 1 atom stereocenters. The summed E-state index contributed by atoms with van der Waals surface area (Å²) < 4.78 is 1.32. The summed E-state index contributed by atoms with van der Waals surface area (Å²) in [5, 5.41) is 5.00. The first-order valence-corrected chi connectivity index (χ1v) is 8.58. The van der Waals surface area contributed by atoms with E-state index in [1.54, 1.807) is 0 Å². The van der Waals surface area contributed by atoms with Gasteiger partial charge in [-0.2, -0.15) is 0 Å². The van der Waals surface area contributed by atoms with Crippen LogP contribution in [0.25, 0.3) is 10.2 Å². The summed E-state index contributed by atoms with van der Waals surface area (Å²) in [7, 11) is 0. The molecule has 1 saturated carbocycles. The van der Waals surface area contributed by atoms with E-state index in [1.807, 2.05) is 11.3 Å². The molecule has 0 radical (unpaired) electrons. The van der Waals surface area contributed by atoms with E-state index in [9.17, 15) is 0 Å². The smallest absolute Gasteiger partial charge is 0.0944 e. The van der Waals surface area contributed by atoms with Gasteiger partial charge in [0.1, 0.15) is 0 Å². The molecule has 0 aliphatic heterocycles. The van der Waals surface area contributed by atoms with Gasteiger partial charge in [0.15, 0.2) is 0 Å². The first-order chi connectivity index (χ1) is 9.68. The zero-order chi connectivity index (χ0) is 14.0. The third-order valence-corrected chi connectivity index (χ3v) is 5.20. The van der Waals surface area contributed by atoms with E-state index < -0.39 is 0 Å². The number of nitrogens with one attached hydrogen (secondary N) is 1. The Bertz CT molecular complexity index is 540. The highest BCUT2D eigenvalue weighted by atomic mass is 32.1. The van der Waals surface area contributed by atoms with Crippen molar-refractivity contribution in [3.8, 4) is 0 Å². The van der Waals surface area contributed by atoms with Crippen molar-refractivity contribution in [3.63, 3.8) is 0 Å². The first kappa shape index (κ1) is 14.0. The number of rotatable bonds is 7. The second-order valence-electron chi connectivity index (χ2n) is 6.47. The average Bonchev–Trinajstić information content (AvgIpc) is 3.16. The Morgan fingerprint density at radius 1 is 1.35 bits per heavy atom. The molecule has 0 saturated heterocycles. The van der Waals surface area contributed by atoms with Crippen LogP contribution in [0.15, 0.2) is 24.3 Å². The Morgan fingerprint density at radius 2 is 2.15 bits per heavy atom. The highest BCUT2D eigenvalue weighted by Crippen LogP contribution is 2.32. The molecule has 108 valence electrons. The number of nitrogens with zero attached hydrogens (tertiary/aromatic N) is 1. The number of hydrogen-bond acceptors (Lipinski definition) is 3. The number of hydrogen-bond donors (Lipinski definition) is 1. The van der Waals surface area contributed by atoms with Crippen molar-refractivity contribution in [2.45, 2.75) is 52.0 Å². The predicted octanol–water partition coefficient (Wildman–Crippen LogP) is 4.40. The van der Waals surface area contributed by atoms with E-state index >= 15 is 0 Å². The van der Waals surface area contributed by atoms with E-state index in [0.29, 0.717) is 5.41 Å². The Morgan fingerprint density at radius 3 is 2.85 bits per heavy atom. The van der Waals surface area contributed by atoms with Crippen molar-refractivity contribution in [1.29, 1.82) is 0 Å². The van der Waals surface area contributed by atoms with Crippen molar-refractivity contribution < 1.29 is 0 Å². The zero-order valence-electron chi connectivity index (χ0n) is 12.5. The summed E-state index contributed by atoms with van der Waals surface area (Å²) in [6.45, 7) is 5.83. The maximum absolute atomic E-state index is 4.81. The normalized spacial score (nSPS) is 18.3. The molecule has 0 bridgehead atoms. The van der Waals surface area contributed by atoms with E-state index in [2.05, 4.69) is 43.4 Å². The van der Waals surface area contributed by atoms with Crippen LogP contribution in [-0.4, -0.2) is 17.6 Å². The molecule has 1 heterocycles. The number of aromatic nitrogens is 1. The molecular weight excluding hydrogens is 264 g/mol. The molecule has 1 fully saturated rings. The number of benzene rings is 1. The molecule has 1 N–H and O–H groups in total. The lowest BCUT2D eigenvalue weighted by atomic mass is 9.82. The maximum Gasteiger partial charge on any atom is 0.0944 e. The van der Waals surface area contributed by atoms with Crippen LogP contribution in [0.4, 0.5) is 0 Å². The Labute approximate surface area is 125 Å². The molecule has 20 heavy (non-hydrogen) atoms. The van der Waals surface area contributed by atoms with E-state index in [4.69, 9.17) is 4.98 Å². The highest BCUT2D eigenvalue weighted by molar-refractivity contribution is 7.18. The van der Waals surface area contributed by atoms with Gasteiger partial charge in [-0.05, 0) is 36.8 Å². The van der Waals surface area contributed by atoms with Crippen LogP contribution in [0, 0.1) is 5.41 Å². The Kier molecular flexibility index (Phi) is 4.08. The maximum atomic E-state index is 4.81. The summed E-state index contributed by atoms with van der Waals surface area (Å²) >= 11 is 1.86. The molecule has 1 aromatic carbocycles. The quantitative estimate of drug-likeness (QED) is 0.817. The Hall–Kier alpha value is -0.930. The van der Waals surface area contributed by atoms with E-state index in [-0.39, 0.29) is 0 Å². The monoisotopic (exact) mass is 288 g/mol. The van der Waals surface area contributed by atoms with Gasteiger partial charge in [-0.25, -0.2) is 4.98 Å². The van der Waals surface area contributed by atoms with Crippen molar-refractivity contribution in [3.05, 3.63) is 29.3 Å². The topological polar surface area (TPSA) is 24.9 Å². The van der Waals surface area contributed by atoms with Crippen LogP contribution in [0.3, 0.4) is 0 Å². The van der Waals surface area contributed by atoms with Gasteiger partial charge in [-0.1, -0.05) is 32.4 Å². The van der Waals surface area contributed by atoms with Crippen molar-refractivity contribution in [2.24, 2.45) is 5.41 Å². The van der Waals surface area contributed by atoms with E-state index in [0.717, 1.165) is 24.5 Å². The van der Waals surface area contributed by atoms with Crippen molar-refractivity contribution in [1.82, 2.24) is 10.3 Å². The van der Waals surface area contributed by atoms with Crippen molar-refractivity contribution in [2.75, 3.05) is 6.54 Å². The SMILES string of the molecule is CCCC(C)(CNC1CC1)Cc1nc2ccccc2s1. The van der Waals surface area contributed by atoms with Crippen LogP contribution in [0.2, 0.25) is 0 Å². The third-order valence-electron chi connectivity index (χ3n) is 4.16. The van der Waals surface area contributed by atoms with Crippen LogP contribution < -0.4 is 5.32 Å². The summed E-state index contributed by atoms with van der Waals surface area (Å²) in [6.07, 6.45) is 6.34. The van der Waals surface area contributed by atoms with Gasteiger partial charge in [0.2, 0.25) is 0 Å². The van der Waals surface area contributed by atoms with Crippen molar-refractivity contribution >= 4 is 21.6 Å². The molecule has 1 aliphatic carbocycles. The number of para-hydroxylation sites is 1. The van der Waals surface area contributed by atoms with Crippen LogP contribution in [-0.2, 0) is 6.42 Å². The summed E-state index contributed by atoms with van der Waals surface area (Å²) in [4.78, 5) is 4.81. The minimum atomic E-state index is 0.339. The Balaban J connectivity index is 1.73. The lowest BCUT2D eigenvalue weighted by molar-refractivity contribution is 0.274. The number of thiazole rings is 1. The van der Waals surface area contributed by atoms with E-state index in [1.165, 1.54) is 35.4 Å². The average molecular weight is 288 g/mol. The van der Waals surface area contributed by atoms with Gasteiger partial charge in [0.05, 0.1) is 15.2 Å². The second kappa shape index (κ2) is 5.82. The predicted molar refractivity (Wildman–Crippen MR) is 87.4 cm³/mol. The molecule has 1 unspecified atom stereocenters. The fourth-order valence-corrected chi connectivity index (χ4v) is 4.06. The largest absolute Gasteiger partial charge is 0.313 e. The molecule has 0 amide bonds. The van der Waals surface area contributed by atoms with Crippen LogP contribution in [0.1, 0.15) is 44.5 Å². The molecule has 2 aromatic rings. The fraction of sp³-hybridized carbons (Fsp3) is 0.588. The van der Waals surface area contributed by atoms with Gasteiger partial charge in [0.25, 0.3) is 0 Å². The van der Waals surface area contributed by atoms with Gasteiger partial charge >= 0.3 is 0 Å².